The van der Waals surface area contributed by atoms with Crippen LogP contribution in [0, 0.1) is 0 Å². The maximum atomic E-state index is 12.4. The highest BCUT2D eigenvalue weighted by atomic mass is 16.5. The van der Waals surface area contributed by atoms with E-state index in [1.165, 1.54) is 0 Å². The van der Waals surface area contributed by atoms with Gasteiger partial charge in [-0.1, -0.05) is 24.3 Å². The molecule has 1 aliphatic heterocycles. The molecule has 2 aromatic rings. The Hall–Kier alpha value is -3.19. The Labute approximate surface area is 170 Å². The first-order valence-corrected chi connectivity index (χ1v) is 9.44. The van der Waals surface area contributed by atoms with Gasteiger partial charge in [-0.15, -0.1) is 0 Å². The Kier molecular flexibility index (Phi) is 6.29. The fourth-order valence-electron chi connectivity index (χ4n) is 3.40. The number of likely N-dealkylation sites (N-methyl/N-ethyl adjacent to an activating group) is 1. The van der Waals surface area contributed by atoms with Gasteiger partial charge in [-0.05, 0) is 43.9 Å². The summed E-state index contributed by atoms with van der Waals surface area (Å²) in [6.07, 6.45) is 0.0593. The summed E-state index contributed by atoms with van der Waals surface area (Å²) in [5.74, 6) is -0.149. The Balaban J connectivity index is 1.56. The van der Waals surface area contributed by atoms with Crippen molar-refractivity contribution in [2.24, 2.45) is 0 Å². The third kappa shape index (κ3) is 4.46. The lowest BCUT2D eigenvalue weighted by Crippen LogP contribution is -2.37. The van der Waals surface area contributed by atoms with E-state index < -0.39 is 0 Å². The van der Waals surface area contributed by atoms with Crippen LogP contribution in [0.4, 0.5) is 0 Å². The van der Waals surface area contributed by atoms with Crippen LogP contribution < -0.4 is 10.1 Å². The number of nitrogens with one attached hydrogen (secondary N) is 1. The van der Waals surface area contributed by atoms with Gasteiger partial charge in [0.15, 0.2) is 0 Å². The molecule has 0 radical (unpaired) electrons. The van der Waals surface area contributed by atoms with Crippen molar-refractivity contribution >= 4 is 17.7 Å². The fraction of sp³-hybridized carbons (Fsp3) is 0.318. The topological polar surface area (TPSA) is 79.0 Å². The Morgan fingerprint density at radius 2 is 1.72 bits per heavy atom. The third-order valence-electron chi connectivity index (χ3n) is 5.04. The maximum absolute atomic E-state index is 12.4. The van der Waals surface area contributed by atoms with E-state index >= 15 is 0 Å². The standard InChI is InChI=1S/C22H25N3O4/c1-24(2)19(15-7-6-8-16(13-15)29-3)14-23-20(26)11-12-25-21(27)17-9-4-5-10-18(17)22(25)28/h4-10,13,19H,11-12,14H2,1-3H3,(H,23,26)/t19-/m0/s1. The van der Waals surface area contributed by atoms with Crippen LogP contribution in [0.1, 0.15) is 38.7 Å². The average Bonchev–Trinajstić information content (AvgIpc) is 2.97. The van der Waals surface area contributed by atoms with Crippen molar-refractivity contribution in [3.8, 4) is 5.75 Å². The SMILES string of the molecule is COc1cccc([C@H](CNC(=O)CCN2C(=O)c3ccccc3C2=O)N(C)C)c1. The molecule has 1 aliphatic rings. The Bertz CT molecular complexity index is 891. The quantitative estimate of drug-likeness (QED) is 0.693. The van der Waals surface area contributed by atoms with Gasteiger partial charge in [-0.25, -0.2) is 0 Å². The molecule has 3 rings (SSSR count). The maximum Gasteiger partial charge on any atom is 0.261 e. The summed E-state index contributed by atoms with van der Waals surface area (Å²) in [6.45, 7) is 0.463. The van der Waals surface area contributed by atoms with E-state index in [1.54, 1.807) is 31.4 Å². The number of methoxy groups -OCH3 is 1. The number of amides is 3. The molecule has 0 aromatic heterocycles. The molecule has 0 fully saturated rings. The molecule has 0 saturated carbocycles. The normalized spacial score (nSPS) is 14.1. The smallest absolute Gasteiger partial charge is 0.261 e. The predicted molar refractivity (Wildman–Crippen MR) is 109 cm³/mol. The van der Waals surface area contributed by atoms with Gasteiger partial charge in [0.1, 0.15) is 5.75 Å². The van der Waals surface area contributed by atoms with Gasteiger partial charge in [0, 0.05) is 19.5 Å². The molecular weight excluding hydrogens is 370 g/mol. The van der Waals surface area contributed by atoms with E-state index in [0.717, 1.165) is 16.2 Å². The first-order chi connectivity index (χ1) is 13.9. The molecule has 1 heterocycles. The van der Waals surface area contributed by atoms with E-state index in [2.05, 4.69) is 5.32 Å². The first-order valence-electron chi connectivity index (χ1n) is 9.44. The molecule has 7 nitrogen and oxygen atoms in total. The zero-order chi connectivity index (χ0) is 21.0. The van der Waals surface area contributed by atoms with E-state index in [1.807, 2.05) is 43.3 Å². The minimum absolute atomic E-state index is 0.0339. The second-order valence-corrected chi connectivity index (χ2v) is 7.12. The minimum atomic E-state index is -0.346. The molecule has 29 heavy (non-hydrogen) atoms. The number of rotatable bonds is 8. The van der Waals surface area contributed by atoms with Crippen molar-refractivity contribution < 1.29 is 19.1 Å². The second-order valence-electron chi connectivity index (χ2n) is 7.12. The number of benzene rings is 2. The summed E-state index contributed by atoms with van der Waals surface area (Å²) >= 11 is 0. The molecule has 3 amide bonds. The van der Waals surface area contributed by atoms with Gasteiger partial charge in [-0.2, -0.15) is 0 Å². The van der Waals surface area contributed by atoms with Crippen LogP contribution in [-0.4, -0.2) is 61.8 Å². The summed E-state index contributed by atoms with van der Waals surface area (Å²) in [4.78, 5) is 40.3. The van der Waals surface area contributed by atoms with Crippen LogP contribution in [-0.2, 0) is 4.79 Å². The van der Waals surface area contributed by atoms with Gasteiger partial charge in [0.2, 0.25) is 5.91 Å². The van der Waals surface area contributed by atoms with Gasteiger partial charge in [-0.3, -0.25) is 19.3 Å². The van der Waals surface area contributed by atoms with Crippen molar-refractivity contribution in [2.45, 2.75) is 12.5 Å². The lowest BCUT2D eigenvalue weighted by atomic mass is 10.1. The molecule has 0 spiro atoms. The van der Waals surface area contributed by atoms with E-state index in [4.69, 9.17) is 4.74 Å². The molecule has 0 saturated heterocycles. The van der Waals surface area contributed by atoms with Crippen LogP contribution in [0.15, 0.2) is 48.5 Å². The number of imide groups is 1. The number of nitrogens with zero attached hydrogens (tertiary/aromatic N) is 2. The van der Waals surface area contributed by atoms with Crippen LogP contribution in [0.3, 0.4) is 0 Å². The third-order valence-corrected chi connectivity index (χ3v) is 5.04. The van der Waals surface area contributed by atoms with E-state index in [9.17, 15) is 14.4 Å². The average molecular weight is 395 g/mol. The largest absolute Gasteiger partial charge is 0.497 e. The summed E-state index contributed by atoms with van der Waals surface area (Å²) < 4.78 is 5.28. The number of ether oxygens (including phenoxy) is 1. The predicted octanol–water partition coefficient (Wildman–Crippen LogP) is 2.10. The number of hydrogen-bond donors (Lipinski definition) is 1. The van der Waals surface area contributed by atoms with Gasteiger partial charge < -0.3 is 15.0 Å². The molecule has 152 valence electrons. The molecule has 2 aromatic carbocycles. The van der Waals surface area contributed by atoms with E-state index in [0.29, 0.717) is 17.7 Å². The summed E-state index contributed by atoms with van der Waals surface area (Å²) in [6, 6.07) is 14.4. The number of carbonyl (C=O) groups excluding carboxylic acids is 3. The van der Waals surface area contributed by atoms with Crippen molar-refractivity contribution in [1.82, 2.24) is 15.1 Å². The molecule has 0 bridgehead atoms. The fourth-order valence-corrected chi connectivity index (χ4v) is 3.40. The summed E-state index contributed by atoms with van der Waals surface area (Å²) in [7, 11) is 5.49. The summed E-state index contributed by atoms with van der Waals surface area (Å²) in [5, 5.41) is 2.90. The molecule has 1 atom stereocenters. The van der Waals surface area contributed by atoms with Crippen molar-refractivity contribution in [3.05, 3.63) is 65.2 Å². The highest BCUT2D eigenvalue weighted by Crippen LogP contribution is 2.23. The van der Waals surface area contributed by atoms with Crippen molar-refractivity contribution in [2.75, 3.05) is 34.3 Å². The van der Waals surface area contributed by atoms with Crippen LogP contribution in [0.2, 0.25) is 0 Å². The lowest BCUT2D eigenvalue weighted by Gasteiger charge is -2.25. The number of fused-ring (bicyclic) bond motifs is 1. The van der Waals surface area contributed by atoms with Crippen molar-refractivity contribution in [3.63, 3.8) is 0 Å². The monoisotopic (exact) mass is 395 g/mol. The minimum Gasteiger partial charge on any atom is -0.497 e. The molecule has 1 N–H and O–H groups in total. The molecular formula is C22H25N3O4. The number of carbonyl (C=O) groups is 3. The second kappa shape index (κ2) is 8.87. The van der Waals surface area contributed by atoms with Crippen molar-refractivity contribution in [1.29, 1.82) is 0 Å². The van der Waals surface area contributed by atoms with Crippen LogP contribution in [0.5, 0.6) is 5.75 Å². The summed E-state index contributed by atoms with van der Waals surface area (Å²) in [5.41, 5.74) is 1.81. The highest BCUT2D eigenvalue weighted by Gasteiger charge is 2.35. The zero-order valence-electron chi connectivity index (χ0n) is 16.8. The molecule has 0 aliphatic carbocycles. The first kappa shape index (κ1) is 20.5. The van der Waals surface area contributed by atoms with Gasteiger partial charge in [0.05, 0.1) is 24.3 Å². The van der Waals surface area contributed by atoms with Crippen LogP contribution >= 0.6 is 0 Å². The zero-order valence-corrected chi connectivity index (χ0v) is 16.8. The lowest BCUT2D eigenvalue weighted by molar-refractivity contribution is -0.121. The number of hydrogen-bond acceptors (Lipinski definition) is 5. The highest BCUT2D eigenvalue weighted by molar-refractivity contribution is 6.21. The van der Waals surface area contributed by atoms with Gasteiger partial charge >= 0.3 is 0 Å². The Morgan fingerprint density at radius 1 is 1.07 bits per heavy atom. The van der Waals surface area contributed by atoms with Gasteiger partial charge in [0.25, 0.3) is 11.8 Å². The van der Waals surface area contributed by atoms with E-state index in [-0.39, 0.29) is 36.7 Å². The van der Waals surface area contributed by atoms with Crippen LogP contribution in [0.25, 0.3) is 0 Å². The molecule has 7 heteroatoms. The molecule has 0 unspecified atom stereocenters. The Morgan fingerprint density at radius 3 is 2.31 bits per heavy atom.